The van der Waals surface area contributed by atoms with Gasteiger partial charge in [0.1, 0.15) is 12.1 Å². The largest absolute Gasteiger partial charge is 0.480 e. The first-order valence-corrected chi connectivity index (χ1v) is 18.3. The number of carboxylic acids is 1. The van der Waals surface area contributed by atoms with Crippen molar-refractivity contribution >= 4 is 17.8 Å². The normalized spacial score (nSPS) is 13.1. The number of unbranched alkanes of at least 4 members (excludes halogenated alkanes) is 14. The van der Waals surface area contributed by atoms with E-state index in [2.05, 4.69) is 49.5 Å². The van der Waals surface area contributed by atoms with Crippen LogP contribution < -0.4 is 11.1 Å². The topological polar surface area (TPSA) is 119 Å². The van der Waals surface area contributed by atoms with Gasteiger partial charge in [-0.05, 0) is 70.4 Å². The zero-order chi connectivity index (χ0) is 33.2. The molecule has 7 heteroatoms. The van der Waals surface area contributed by atoms with Gasteiger partial charge in [-0.15, -0.1) is 0 Å². The van der Waals surface area contributed by atoms with Gasteiger partial charge >= 0.3 is 11.9 Å². The Morgan fingerprint density at radius 3 is 1.78 bits per heavy atom. The Balaban J connectivity index is 4.39. The van der Waals surface area contributed by atoms with Crippen molar-refractivity contribution in [3.63, 3.8) is 0 Å². The lowest BCUT2D eigenvalue weighted by Gasteiger charge is -2.15. The van der Waals surface area contributed by atoms with Gasteiger partial charge < -0.3 is 20.9 Å². The molecule has 0 bridgehead atoms. The third-order valence-electron chi connectivity index (χ3n) is 7.95. The fourth-order valence-corrected chi connectivity index (χ4v) is 5.21. The van der Waals surface area contributed by atoms with Crippen LogP contribution in [0.4, 0.5) is 0 Å². The minimum Gasteiger partial charge on any atom is -0.480 e. The van der Waals surface area contributed by atoms with E-state index in [0.29, 0.717) is 38.6 Å². The minimum atomic E-state index is -1.02. The van der Waals surface area contributed by atoms with E-state index in [9.17, 15) is 19.5 Å². The minimum absolute atomic E-state index is 0.115. The maximum absolute atomic E-state index is 12.6. The SMILES string of the molecule is CC/C=C\C/C=C\C/C=C\C(CCCCCCC(=O)NC(CCCN)C(=O)O)OC(=O)CCCCCCCCCCCCCC. The van der Waals surface area contributed by atoms with Crippen LogP contribution >= 0.6 is 0 Å². The summed E-state index contributed by atoms with van der Waals surface area (Å²) >= 11 is 0. The number of amides is 1. The number of hydrogen-bond donors (Lipinski definition) is 3. The molecule has 0 aromatic heterocycles. The predicted molar refractivity (Wildman–Crippen MR) is 188 cm³/mol. The second-order valence-corrected chi connectivity index (χ2v) is 12.3. The molecular formula is C38H68N2O5. The number of esters is 1. The number of carboxylic acid groups (broad SMARTS) is 1. The first-order valence-electron chi connectivity index (χ1n) is 18.3. The Bertz CT molecular complexity index is 808. The van der Waals surface area contributed by atoms with Gasteiger partial charge in [-0.1, -0.05) is 128 Å². The zero-order valence-electron chi connectivity index (χ0n) is 29.0. The highest BCUT2D eigenvalue weighted by Crippen LogP contribution is 2.15. The number of rotatable bonds is 32. The van der Waals surface area contributed by atoms with Crippen molar-refractivity contribution in [2.45, 2.75) is 180 Å². The average molecular weight is 633 g/mol. The fraction of sp³-hybridized carbons (Fsp3) is 0.763. The molecule has 0 aliphatic heterocycles. The summed E-state index contributed by atoms with van der Waals surface area (Å²) in [6.45, 7) is 4.79. The van der Waals surface area contributed by atoms with Crippen molar-refractivity contribution in [2.75, 3.05) is 6.54 Å². The second-order valence-electron chi connectivity index (χ2n) is 12.3. The number of carbonyl (C=O) groups excluding carboxylic acids is 2. The Kier molecular flexibility index (Phi) is 31.2. The molecule has 0 aliphatic rings. The molecule has 0 radical (unpaired) electrons. The molecule has 4 N–H and O–H groups in total. The van der Waals surface area contributed by atoms with E-state index in [1.807, 2.05) is 6.08 Å². The molecule has 0 spiro atoms. The van der Waals surface area contributed by atoms with Crippen LogP contribution in [-0.2, 0) is 19.1 Å². The molecular weight excluding hydrogens is 564 g/mol. The van der Waals surface area contributed by atoms with Gasteiger partial charge in [-0.2, -0.15) is 0 Å². The van der Waals surface area contributed by atoms with Crippen molar-refractivity contribution in [3.8, 4) is 0 Å². The van der Waals surface area contributed by atoms with E-state index in [4.69, 9.17) is 10.5 Å². The molecule has 0 rings (SSSR count). The number of ether oxygens (including phenoxy) is 1. The van der Waals surface area contributed by atoms with Gasteiger partial charge in [0.05, 0.1) is 0 Å². The van der Waals surface area contributed by atoms with E-state index in [1.54, 1.807) is 0 Å². The van der Waals surface area contributed by atoms with Gasteiger partial charge in [0.15, 0.2) is 0 Å². The highest BCUT2D eigenvalue weighted by Gasteiger charge is 2.19. The number of allylic oxidation sites excluding steroid dienone is 5. The van der Waals surface area contributed by atoms with Crippen LogP contribution in [0.5, 0.6) is 0 Å². The predicted octanol–water partition coefficient (Wildman–Crippen LogP) is 9.50. The second kappa shape index (κ2) is 33.0. The molecule has 45 heavy (non-hydrogen) atoms. The molecule has 2 atom stereocenters. The number of hydrogen-bond acceptors (Lipinski definition) is 5. The molecule has 2 unspecified atom stereocenters. The lowest BCUT2D eigenvalue weighted by Crippen LogP contribution is -2.40. The maximum Gasteiger partial charge on any atom is 0.326 e. The highest BCUT2D eigenvalue weighted by molar-refractivity contribution is 5.83. The van der Waals surface area contributed by atoms with Crippen LogP contribution in [0.1, 0.15) is 168 Å². The van der Waals surface area contributed by atoms with E-state index in [1.165, 1.54) is 64.2 Å². The Morgan fingerprint density at radius 2 is 1.20 bits per heavy atom. The number of nitrogens with one attached hydrogen (secondary N) is 1. The van der Waals surface area contributed by atoms with Crippen LogP contribution in [-0.4, -0.2) is 41.6 Å². The smallest absolute Gasteiger partial charge is 0.326 e. The first-order chi connectivity index (χ1) is 21.9. The summed E-state index contributed by atoms with van der Waals surface area (Å²) in [6.07, 6.45) is 36.3. The van der Waals surface area contributed by atoms with Gasteiger partial charge in [0, 0.05) is 12.8 Å². The van der Waals surface area contributed by atoms with Crippen molar-refractivity contribution in [1.82, 2.24) is 5.32 Å². The first kappa shape index (κ1) is 42.6. The summed E-state index contributed by atoms with van der Waals surface area (Å²) in [4.78, 5) is 36.1. The zero-order valence-corrected chi connectivity index (χ0v) is 29.0. The van der Waals surface area contributed by atoms with Crippen LogP contribution in [0.15, 0.2) is 36.5 Å². The van der Waals surface area contributed by atoms with E-state index < -0.39 is 12.0 Å². The van der Waals surface area contributed by atoms with Crippen molar-refractivity contribution < 1.29 is 24.2 Å². The van der Waals surface area contributed by atoms with Crippen molar-refractivity contribution in [3.05, 3.63) is 36.5 Å². The van der Waals surface area contributed by atoms with Gasteiger partial charge in [0.2, 0.25) is 5.91 Å². The average Bonchev–Trinajstić information content (AvgIpc) is 3.02. The molecule has 0 saturated carbocycles. The summed E-state index contributed by atoms with van der Waals surface area (Å²) in [7, 11) is 0. The lowest BCUT2D eigenvalue weighted by molar-refractivity contribution is -0.147. The Labute approximate surface area is 275 Å². The maximum atomic E-state index is 12.6. The Morgan fingerprint density at radius 1 is 0.667 bits per heavy atom. The molecule has 0 heterocycles. The van der Waals surface area contributed by atoms with E-state index in [-0.39, 0.29) is 18.0 Å². The summed E-state index contributed by atoms with van der Waals surface area (Å²) < 4.78 is 5.86. The fourth-order valence-electron chi connectivity index (χ4n) is 5.21. The molecule has 0 aromatic rings. The number of carbonyl (C=O) groups is 3. The van der Waals surface area contributed by atoms with Gasteiger partial charge in [-0.3, -0.25) is 9.59 Å². The standard InChI is InChI=1S/C38H68N2O5/c1-3-5-7-9-11-13-14-15-16-18-20-26-32-37(42)45-34(28-23-19-17-12-10-8-6-4-2)29-24-21-22-25-31-36(41)40-35(38(43)44)30-27-33-39/h6,8,12,17,23,28,34-35H,3-5,7,9-11,13-16,18-22,24-27,29-33,39H2,1-2H3,(H,40,41)(H,43,44)/b8-6-,17-12-,28-23-. The van der Waals surface area contributed by atoms with Gasteiger partial charge in [-0.25, -0.2) is 4.79 Å². The monoisotopic (exact) mass is 633 g/mol. The van der Waals surface area contributed by atoms with Crippen molar-refractivity contribution in [2.24, 2.45) is 5.73 Å². The number of aliphatic carboxylic acids is 1. The van der Waals surface area contributed by atoms with E-state index >= 15 is 0 Å². The summed E-state index contributed by atoms with van der Waals surface area (Å²) in [6, 6.07) is -0.874. The van der Waals surface area contributed by atoms with Crippen LogP contribution in [0.25, 0.3) is 0 Å². The molecule has 7 nitrogen and oxygen atoms in total. The molecule has 0 saturated heterocycles. The quantitative estimate of drug-likeness (QED) is 0.0386. The third kappa shape index (κ3) is 30.0. The summed E-state index contributed by atoms with van der Waals surface area (Å²) in [5, 5.41) is 11.9. The molecule has 0 aliphatic carbocycles. The molecule has 0 aromatic carbocycles. The van der Waals surface area contributed by atoms with Crippen molar-refractivity contribution in [1.29, 1.82) is 0 Å². The van der Waals surface area contributed by atoms with E-state index in [0.717, 1.165) is 57.8 Å². The molecule has 260 valence electrons. The molecule has 0 fully saturated rings. The van der Waals surface area contributed by atoms with Crippen LogP contribution in [0.3, 0.4) is 0 Å². The van der Waals surface area contributed by atoms with Crippen LogP contribution in [0.2, 0.25) is 0 Å². The summed E-state index contributed by atoms with van der Waals surface area (Å²) in [5.41, 5.74) is 5.46. The summed E-state index contributed by atoms with van der Waals surface area (Å²) in [5.74, 6) is -1.37. The third-order valence-corrected chi connectivity index (χ3v) is 7.95. The number of nitrogens with two attached hydrogens (primary N) is 1. The lowest BCUT2D eigenvalue weighted by atomic mass is 10.0. The molecule has 1 amide bonds. The van der Waals surface area contributed by atoms with Crippen LogP contribution in [0, 0.1) is 0 Å². The highest BCUT2D eigenvalue weighted by atomic mass is 16.5. The van der Waals surface area contributed by atoms with Gasteiger partial charge in [0.25, 0.3) is 0 Å². The Hall–Kier alpha value is -2.41.